The third-order valence-corrected chi connectivity index (χ3v) is 5.21. The van der Waals surface area contributed by atoms with Gasteiger partial charge in [0.25, 0.3) is 0 Å². The minimum atomic E-state index is -1.24. The first-order valence-electron chi connectivity index (χ1n) is 7.82. The average Bonchev–Trinajstić information content (AvgIpc) is 2.91. The van der Waals surface area contributed by atoms with E-state index in [1.165, 1.54) is 4.90 Å². The zero-order valence-electron chi connectivity index (χ0n) is 12.6. The van der Waals surface area contributed by atoms with Crippen molar-refractivity contribution >= 4 is 29.3 Å². The van der Waals surface area contributed by atoms with Crippen molar-refractivity contribution in [3.63, 3.8) is 0 Å². The standard InChI is InChI=1S/C17H18ClNO4/c18-12-6-2-1-5-11(12)17(10-4-3-7-14(17)20)19-13(16(22)23)8-9-15(19)21/h1-2,5-6,13H,3-4,7-10H2,(H,22,23)/t13-,17-/m0/s1. The van der Waals surface area contributed by atoms with Gasteiger partial charge in [-0.05, 0) is 31.7 Å². The summed E-state index contributed by atoms with van der Waals surface area (Å²) in [7, 11) is 0. The summed E-state index contributed by atoms with van der Waals surface area (Å²) in [6.07, 6.45) is 2.65. The summed E-state index contributed by atoms with van der Waals surface area (Å²) in [6, 6.07) is 5.96. The molecule has 1 saturated carbocycles. The average molecular weight is 336 g/mol. The fourth-order valence-electron chi connectivity index (χ4n) is 3.88. The SMILES string of the molecule is O=C(O)[C@@H]1CCC(=O)N1[C@]1(c2ccccc2Cl)CCCCC1=O. The Morgan fingerprint density at radius 1 is 1.22 bits per heavy atom. The summed E-state index contributed by atoms with van der Waals surface area (Å²) in [5.74, 6) is -1.47. The maximum atomic E-state index is 12.9. The molecule has 0 unspecified atom stereocenters. The molecule has 1 amide bonds. The van der Waals surface area contributed by atoms with Gasteiger partial charge in [0.2, 0.25) is 5.91 Å². The number of hydrogen-bond donors (Lipinski definition) is 1. The quantitative estimate of drug-likeness (QED) is 0.921. The number of Topliss-reactive ketones (excluding diaryl/α,β-unsaturated/α-hetero) is 1. The number of rotatable bonds is 3. The van der Waals surface area contributed by atoms with Gasteiger partial charge in [-0.25, -0.2) is 4.79 Å². The van der Waals surface area contributed by atoms with Crippen molar-refractivity contribution in [3.05, 3.63) is 34.9 Å². The molecule has 6 heteroatoms. The second-order valence-electron chi connectivity index (χ2n) is 6.13. The number of amides is 1. The van der Waals surface area contributed by atoms with Crippen LogP contribution in [0.4, 0.5) is 0 Å². The molecule has 1 N–H and O–H groups in total. The highest BCUT2D eigenvalue weighted by Crippen LogP contribution is 2.46. The van der Waals surface area contributed by atoms with Crippen LogP contribution >= 0.6 is 11.6 Å². The summed E-state index contributed by atoms with van der Waals surface area (Å²) in [4.78, 5) is 38.3. The van der Waals surface area contributed by atoms with Gasteiger partial charge in [0.15, 0.2) is 5.78 Å². The number of nitrogens with zero attached hydrogens (tertiary/aromatic N) is 1. The molecule has 0 aromatic heterocycles. The minimum absolute atomic E-state index is 0.113. The maximum Gasteiger partial charge on any atom is 0.326 e. The third kappa shape index (κ3) is 2.43. The molecule has 2 atom stereocenters. The second kappa shape index (κ2) is 5.96. The van der Waals surface area contributed by atoms with Crippen LogP contribution in [0.15, 0.2) is 24.3 Å². The van der Waals surface area contributed by atoms with Gasteiger partial charge in [-0.3, -0.25) is 9.59 Å². The predicted molar refractivity (Wildman–Crippen MR) is 84.1 cm³/mol. The minimum Gasteiger partial charge on any atom is -0.480 e. The highest BCUT2D eigenvalue weighted by Gasteiger charge is 2.55. The first kappa shape index (κ1) is 16.0. The van der Waals surface area contributed by atoms with Gasteiger partial charge >= 0.3 is 5.97 Å². The Labute approximate surface area is 139 Å². The number of hydrogen-bond acceptors (Lipinski definition) is 3. The predicted octanol–water partition coefficient (Wildman–Crippen LogP) is 2.75. The highest BCUT2D eigenvalue weighted by atomic mass is 35.5. The van der Waals surface area contributed by atoms with Gasteiger partial charge in [0, 0.05) is 23.4 Å². The molecule has 23 heavy (non-hydrogen) atoms. The largest absolute Gasteiger partial charge is 0.480 e. The van der Waals surface area contributed by atoms with Crippen LogP contribution in [0.5, 0.6) is 0 Å². The molecule has 2 fully saturated rings. The van der Waals surface area contributed by atoms with E-state index in [0.29, 0.717) is 23.4 Å². The molecule has 1 saturated heterocycles. The molecule has 1 heterocycles. The number of ketones is 1. The molecule has 3 rings (SSSR count). The van der Waals surface area contributed by atoms with Crippen molar-refractivity contribution in [2.45, 2.75) is 50.1 Å². The summed E-state index contributed by atoms with van der Waals surface area (Å²) in [5, 5.41) is 9.91. The molecule has 1 aliphatic heterocycles. The lowest BCUT2D eigenvalue weighted by atomic mass is 9.73. The first-order valence-corrected chi connectivity index (χ1v) is 8.19. The van der Waals surface area contributed by atoms with E-state index < -0.39 is 17.6 Å². The Morgan fingerprint density at radius 2 is 1.96 bits per heavy atom. The van der Waals surface area contributed by atoms with E-state index in [0.717, 1.165) is 12.8 Å². The van der Waals surface area contributed by atoms with E-state index >= 15 is 0 Å². The summed E-state index contributed by atoms with van der Waals surface area (Å²) < 4.78 is 0. The van der Waals surface area contributed by atoms with E-state index in [1.807, 2.05) is 0 Å². The van der Waals surface area contributed by atoms with E-state index in [4.69, 9.17) is 11.6 Å². The number of carbonyl (C=O) groups is 3. The zero-order chi connectivity index (χ0) is 16.6. The second-order valence-corrected chi connectivity index (χ2v) is 6.53. The number of benzene rings is 1. The van der Waals surface area contributed by atoms with Crippen LogP contribution in [0.1, 0.15) is 44.1 Å². The number of halogens is 1. The van der Waals surface area contributed by atoms with Gasteiger partial charge in [-0.1, -0.05) is 29.8 Å². The lowest BCUT2D eigenvalue weighted by molar-refractivity contribution is -0.157. The zero-order valence-corrected chi connectivity index (χ0v) is 13.4. The molecular formula is C17H18ClNO4. The van der Waals surface area contributed by atoms with Gasteiger partial charge < -0.3 is 10.0 Å². The normalized spacial score (nSPS) is 28.2. The van der Waals surface area contributed by atoms with Crippen LogP contribution in [0, 0.1) is 0 Å². The van der Waals surface area contributed by atoms with E-state index in [1.54, 1.807) is 24.3 Å². The summed E-state index contributed by atoms with van der Waals surface area (Å²) in [5.41, 5.74) is -0.694. The van der Waals surface area contributed by atoms with Crippen molar-refractivity contribution in [3.8, 4) is 0 Å². The number of carboxylic acid groups (broad SMARTS) is 1. The monoisotopic (exact) mass is 335 g/mol. The molecule has 122 valence electrons. The van der Waals surface area contributed by atoms with Gasteiger partial charge in [0.1, 0.15) is 11.6 Å². The summed E-state index contributed by atoms with van der Waals surface area (Å²) in [6.45, 7) is 0. The molecule has 2 aliphatic rings. The van der Waals surface area contributed by atoms with E-state index in [9.17, 15) is 19.5 Å². The van der Waals surface area contributed by atoms with Crippen LogP contribution in [0.2, 0.25) is 5.02 Å². The molecular weight excluding hydrogens is 318 g/mol. The maximum absolute atomic E-state index is 12.9. The van der Waals surface area contributed by atoms with Crippen molar-refractivity contribution in [1.29, 1.82) is 0 Å². The van der Waals surface area contributed by atoms with Crippen LogP contribution in [-0.2, 0) is 19.9 Å². The smallest absolute Gasteiger partial charge is 0.326 e. The fraction of sp³-hybridized carbons (Fsp3) is 0.471. The highest BCUT2D eigenvalue weighted by molar-refractivity contribution is 6.31. The molecule has 1 aromatic rings. The van der Waals surface area contributed by atoms with Crippen molar-refractivity contribution in [2.24, 2.45) is 0 Å². The van der Waals surface area contributed by atoms with Crippen molar-refractivity contribution < 1.29 is 19.5 Å². The Balaban J connectivity index is 2.20. The Bertz CT molecular complexity index is 674. The topological polar surface area (TPSA) is 74.7 Å². The fourth-order valence-corrected chi connectivity index (χ4v) is 4.17. The summed E-state index contributed by atoms with van der Waals surface area (Å²) >= 11 is 6.33. The number of carbonyl (C=O) groups excluding carboxylic acids is 2. The molecule has 1 aliphatic carbocycles. The molecule has 0 radical (unpaired) electrons. The molecule has 0 bridgehead atoms. The van der Waals surface area contributed by atoms with Crippen LogP contribution in [-0.4, -0.2) is 33.7 Å². The number of carboxylic acids is 1. The van der Waals surface area contributed by atoms with Crippen LogP contribution in [0.25, 0.3) is 0 Å². The molecule has 5 nitrogen and oxygen atoms in total. The third-order valence-electron chi connectivity index (χ3n) is 4.88. The Kier molecular flexibility index (Phi) is 4.15. The Morgan fingerprint density at radius 3 is 2.61 bits per heavy atom. The van der Waals surface area contributed by atoms with Crippen molar-refractivity contribution in [1.82, 2.24) is 4.90 Å². The number of aliphatic carboxylic acids is 1. The number of likely N-dealkylation sites (tertiary alicyclic amines) is 1. The molecule has 1 aromatic carbocycles. The van der Waals surface area contributed by atoms with Gasteiger partial charge in [-0.2, -0.15) is 0 Å². The Hall–Kier alpha value is -1.88. The van der Waals surface area contributed by atoms with Crippen molar-refractivity contribution in [2.75, 3.05) is 0 Å². The lowest BCUT2D eigenvalue weighted by Crippen LogP contribution is -2.58. The van der Waals surface area contributed by atoms with Gasteiger partial charge in [0.05, 0.1) is 0 Å². The van der Waals surface area contributed by atoms with Gasteiger partial charge in [-0.15, -0.1) is 0 Å². The molecule has 0 spiro atoms. The van der Waals surface area contributed by atoms with E-state index in [2.05, 4.69) is 0 Å². The van der Waals surface area contributed by atoms with E-state index in [-0.39, 0.29) is 24.5 Å². The first-order chi connectivity index (χ1) is 11.0. The van der Waals surface area contributed by atoms with Crippen LogP contribution < -0.4 is 0 Å². The lowest BCUT2D eigenvalue weighted by Gasteiger charge is -2.45. The van der Waals surface area contributed by atoms with Crippen LogP contribution in [0.3, 0.4) is 0 Å².